The maximum absolute atomic E-state index is 5.89. The molecule has 3 rings (SSSR count). The second-order valence-electron chi connectivity index (χ2n) is 4.76. The zero-order valence-electron chi connectivity index (χ0n) is 11.3. The summed E-state index contributed by atoms with van der Waals surface area (Å²) in [6.45, 7) is 0. The van der Waals surface area contributed by atoms with Gasteiger partial charge in [-0.1, -0.05) is 35.9 Å². The summed E-state index contributed by atoms with van der Waals surface area (Å²) in [6, 6.07) is 20.5. The number of aryl methyl sites for hydroxylation is 1. The molecule has 0 N–H and O–H groups in total. The van der Waals surface area contributed by atoms with Crippen LogP contribution in [0.25, 0.3) is 23.1 Å². The third-order valence-electron chi connectivity index (χ3n) is 3.44. The van der Waals surface area contributed by atoms with Crippen molar-refractivity contribution in [3.05, 3.63) is 76.9 Å². The van der Waals surface area contributed by atoms with Crippen molar-refractivity contribution in [2.45, 2.75) is 0 Å². The molecule has 0 saturated carbocycles. The van der Waals surface area contributed by atoms with Crippen LogP contribution >= 0.6 is 11.6 Å². The van der Waals surface area contributed by atoms with Gasteiger partial charge in [0, 0.05) is 28.6 Å². The van der Waals surface area contributed by atoms with Crippen LogP contribution in [0.15, 0.2) is 60.7 Å². The third-order valence-corrected chi connectivity index (χ3v) is 3.69. The number of nitrogens with zero attached hydrogens (tertiary/aromatic N) is 1. The molecule has 2 heteroatoms. The van der Waals surface area contributed by atoms with E-state index in [-0.39, 0.29) is 0 Å². The van der Waals surface area contributed by atoms with E-state index in [0.717, 1.165) is 10.6 Å². The Morgan fingerprint density at radius 1 is 0.850 bits per heavy atom. The zero-order chi connectivity index (χ0) is 13.9. The van der Waals surface area contributed by atoms with Gasteiger partial charge in [0.05, 0.1) is 0 Å². The first-order chi connectivity index (χ1) is 9.74. The minimum Gasteiger partial charge on any atom is -0.195 e. The molecule has 0 aliphatic carbocycles. The molecular weight excluding hydrogens is 266 g/mol. The number of fused-ring (bicyclic) bond motifs is 1. The van der Waals surface area contributed by atoms with Gasteiger partial charge in [0.1, 0.15) is 7.05 Å². The lowest BCUT2D eigenvalue weighted by molar-refractivity contribution is -0.646. The van der Waals surface area contributed by atoms with Gasteiger partial charge in [0.25, 0.3) is 0 Å². The summed E-state index contributed by atoms with van der Waals surface area (Å²) in [4.78, 5) is 0. The molecule has 0 unspecified atom stereocenters. The summed E-state index contributed by atoms with van der Waals surface area (Å²) in [5.41, 5.74) is 3.53. The van der Waals surface area contributed by atoms with Crippen molar-refractivity contribution in [1.29, 1.82) is 0 Å². The smallest absolute Gasteiger partial charge is 0.195 e. The highest BCUT2D eigenvalue weighted by molar-refractivity contribution is 6.30. The van der Waals surface area contributed by atoms with Gasteiger partial charge in [-0.2, -0.15) is 4.57 Å². The van der Waals surface area contributed by atoms with Crippen LogP contribution in [0.3, 0.4) is 0 Å². The molecule has 1 heterocycles. The second kappa shape index (κ2) is 5.48. The van der Waals surface area contributed by atoms with Gasteiger partial charge < -0.3 is 0 Å². The maximum Gasteiger partial charge on any atom is 0.212 e. The number of hydrogen-bond acceptors (Lipinski definition) is 0. The molecule has 0 aliphatic rings. The van der Waals surface area contributed by atoms with Crippen LogP contribution in [-0.4, -0.2) is 0 Å². The number of rotatable bonds is 2. The first kappa shape index (κ1) is 12.9. The average molecular weight is 281 g/mol. The van der Waals surface area contributed by atoms with E-state index in [4.69, 9.17) is 11.6 Å². The molecule has 20 heavy (non-hydrogen) atoms. The standard InChI is InChI=1S/C18H15ClN/c1-20-17(12-8-14-6-10-16(19)11-7-14)13-9-15-4-2-3-5-18(15)20/h2-13H,1H3/q+1/b12-8+. The molecule has 3 aromatic rings. The van der Waals surface area contributed by atoms with Crippen LogP contribution in [-0.2, 0) is 7.05 Å². The number of pyridine rings is 1. The topological polar surface area (TPSA) is 3.88 Å². The average Bonchev–Trinajstić information content (AvgIpc) is 2.49. The van der Waals surface area contributed by atoms with Crippen molar-refractivity contribution >= 4 is 34.7 Å². The lowest BCUT2D eigenvalue weighted by Crippen LogP contribution is -2.32. The minimum atomic E-state index is 0.762. The SMILES string of the molecule is C[n+]1c(/C=C/c2ccc(Cl)cc2)ccc2ccccc21. The van der Waals surface area contributed by atoms with Crippen LogP contribution in [0.5, 0.6) is 0 Å². The van der Waals surface area contributed by atoms with Crippen molar-refractivity contribution in [3.8, 4) is 0 Å². The second-order valence-corrected chi connectivity index (χ2v) is 5.20. The van der Waals surface area contributed by atoms with E-state index in [9.17, 15) is 0 Å². The number of para-hydroxylation sites is 1. The van der Waals surface area contributed by atoms with Gasteiger partial charge in [0.2, 0.25) is 11.2 Å². The third kappa shape index (κ3) is 2.59. The fraction of sp³-hybridized carbons (Fsp3) is 0.0556. The zero-order valence-corrected chi connectivity index (χ0v) is 12.0. The van der Waals surface area contributed by atoms with Crippen LogP contribution in [0.1, 0.15) is 11.3 Å². The Balaban J connectivity index is 1.98. The fourth-order valence-electron chi connectivity index (χ4n) is 2.28. The highest BCUT2D eigenvalue weighted by atomic mass is 35.5. The van der Waals surface area contributed by atoms with Gasteiger partial charge in [0.15, 0.2) is 0 Å². The van der Waals surface area contributed by atoms with E-state index in [1.54, 1.807) is 0 Å². The molecule has 1 nitrogen and oxygen atoms in total. The molecule has 0 saturated heterocycles. The Kier molecular flexibility index (Phi) is 3.53. The highest BCUT2D eigenvalue weighted by Crippen LogP contribution is 2.14. The number of benzene rings is 2. The first-order valence-corrected chi connectivity index (χ1v) is 6.93. The Labute approximate surface area is 123 Å². The Morgan fingerprint density at radius 3 is 2.40 bits per heavy atom. The largest absolute Gasteiger partial charge is 0.212 e. The van der Waals surface area contributed by atoms with E-state index in [1.165, 1.54) is 16.6 Å². The van der Waals surface area contributed by atoms with Crippen LogP contribution < -0.4 is 4.57 Å². The summed E-state index contributed by atoms with van der Waals surface area (Å²) >= 11 is 5.89. The Morgan fingerprint density at radius 2 is 1.60 bits per heavy atom. The molecule has 0 spiro atoms. The monoisotopic (exact) mass is 280 g/mol. The highest BCUT2D eigenvalue weighted by Gasteiger charge is 2.07. The lowest BCUT2D eigenvalue weighted by atomic mass is 10.1. The minimum absolute atomic E-state index is 0.762. The van der Waals surface area contributed by atoms with E-state index >= 15 is 0 Å². The van der Waals surface area contributed by atoms with Crippen molar-refractivity contribution in [2.75, 3.05) is 0 Å². The van der Waals surface area contributed by atoms with Gasteiger partial charge in [-0.05, 0) is 35.9 Å². The van der Waals surface area contributed by atoms with E-state index in [2.05, 4.69) is 60.2 Å². The molecule has 0 amide bonds. The van der Waals surface area contributed by atoms with Crippen LogP contribution in [0.2, 0.25) is 5.02 Å². The number of aromatic nitrogens is 1. The van der Waals surface area contributed by atoms with E-state index in [0.29, 0.717) is 0 Å². The van der Waals surface area contributed by atoms with Gasteiger partial charge >= 0.3 is 0 Å². The molecule has 0 radical (unpaired) electrons. The van der Waals surface area contributed by atoms with Crippen LogP contribution in [0.4, 0.5) is 0 Å². The van der Waals surface area contributed by atoms with Crippen molar-refractivity contribution in [1.82, 2.24) is 0 Å². The molecule has 0 aliphatic heterocycles. The van der Waals surface area contributed by atoms with Crippen LogP contribution in [0, 0.1) is 0 Å². The summed E-state index contributed by atoms with van der Waals surface area (Å²) in [6.07, 6.45) is 4.22. The maximum atomic E-state index is 5.89. The van der Waals surface area contributed by atoms with Crippen molar-refractivity contribution in [2.24, 2.45) is 7.05 Å². The first-order valence-electron chi connectivity index (χ1n) is 6.55. The van der Waals surface area contributed by atoms with Gasteiger partial charge in [-0.15, -0.1) is 0 Å². The lowest BCUT2D eigenvalue weighted by Gasteiger charge is -1.99. The molecular formula is C18H15ClN+. The van der Waals surface area contributed by atoms with Gasteiger partial charge in [-0.3, -0.25) is 0 Å². The predicted molar refractivity (Wildman–Crippen MR) is 85.5 cm³/mol. The predicted octanol–water partition coefficient (Wildman–Crippen LogP) is 4.49. The van der Waals surface area contributed by atoms with Gasteiger partial charge in [-0.25, -0.2) is 0 Å². The molecule has 0 atom stereocenters. The Bertz CT molecular complexity index is 773. The molecule has 2 aromatic carbocycles. The molecule has 1 aromatic heterocycles. The summed E-state index contributed by atoms with van der Waals surface area (Å²) in [7, 11) is 2.09. The fourth-order valence-corrected chi connectivity index (χ4v) is 2.41. The molecule has 0 fully saturated rings. The quantitative estimate of drug-likeness (QED) is 0.609. The molecule has 98 valence electrons. The number of hydrogen-bond donors (Lipinski definition) is 0. The van der Waals surface area contributed by atoms with E-state index in [1.807, 2.05) is 24.3 Å². The normalized spacial score (nSPS) is 11.3. The van der Waals surface area contributed by atoms with Crippen molar-refractivity contribution < 1.29 is 4.57 Å². The molecule has 0 bridgehead atoms. The summed E-state index contributed by atoms with van der Waals surface area (Å²) in [5.74, 6) is 0. The Hall–Kier alpha value is -2.12. The van der Waals surface area contributed by atoms with Crippen molar-refractivity contribution in [3.63, 3.8) is 0 Å². The number of halogens is 1. The summed E-state index contributed by atoms with van der Waals surface area (Å²) < 4.78 is 2.20. The summed E-state index contributed by atoms with van der Waals surface area (Å²) in [5, 5.41) is 2.01. The van der Waals surface area contributed by atoms with E-state index < -0.39 is 0 Å².